The van der Waals surface area contributed by atoms with Crippen LogP contribution in [0.4, 0.5) is 5.69 Å². The van der Waals surface area contributed by atoms with Crippen LogP contribution in [0.3, 0.4) is 0 Å². The number of rotatable bonds is 4. The zero-order valence-electron chi connectivity index (χ0n) is 9.48. The molecular weight excluding hydrogens is 198 g/mol. The Balaban J connectivity index is 2.00. The van der Waals surface area contributed by atoms with E-state index in [2.05, 4.69) is 34.3 Å². The number of benzene rings is 1. The molecule has 3 nitrogen and oxygen atoms in total. The fraction of sp³-hybridized carbons (Fsp3) is 0.231. The molecule has 0 aliphatic carbocycles. The summed E-state index contributed by atoms with van der Waals surface area (Å²) in [6, 6.07) is 12.3. The summed E-state index contributed by atoms with van der Waals surface area (Å²) >= 11 is 0. The molecule has 0 amide bonds. The number of hydrogen-bond donors (Lipinski definition) is 2. The standard InChI is InChI=1S/C13H17N3/c1-16-10-11(7-13(16)8-14)9-15-12-5-3-2-4-6-12/h2-7,10,15H,8-9,14H2,1H3. The molecule has 0 saturated carbocycles. The van der Waals surface area contributed by atoms with Gasteiger partial charge in [-0.15, -0.1) is 0 Å². The molecule has 0 spiro atoms. The highest BCUT2D eigenvalue weighted by Gasteiger charge is 2.00. The molecular formula is C13H17N3. The van der Waals surface area contributed by atoms with Gasteiger partial charge in [-0.2, -0.15) is 0 Å². The third kappa shape index (κ3) is 2.44. The smallest absolute Gasteiger partial charge is 0.0415 e. The van der Waals surface area contributed by atoms with E-state index in [0.29, 0.717) is 6.54 Å². The Hall–Kier alpha value is -1.74. The highest BCUT2D eigenvalue weighted by atomic mass is 15.0. The number of aryl methyl sites for hydroxylation is 1. The van der Waals surface area contributed by atoms with Crippen molar-refractivity contribution in [2.24, 2.45) is 12.8 Å². The summed E-state index contributed by atoms with van der Waals surface area (Å²) in [5.74, 6) is 0. The molecule has 1 heterocycles. The van der Waals surface area contributed by atoms with Gasteiger partial charge in [-0.1, -0.05) is 18.2 Å². The maximum atomic E-state index is 5.63. The predicted molar refractivity (Wildman–Crippen MR) is 67.1 cm³/mol. The maximum absolute atomic E-state index is 5.63. The van der Waals surface area contributed by atoms with Crippen LogP contribution in [0.2, 0.25) is 0 Å². The Morgan fingerprint density at radius 1 is 1.25 bits per heavy atom. The fourth-order valence-corrected chi connectivity index (χ4v) is 1.74. The molecule has 1 aromatic carbocycles. The van der Waals surface area contributed by atoms with Gasteiger partial charge in [-0.05, 0) is 23.8 Å². The summed E-state index contributed by atoms with van der Waals surface area (Å²) in [4.78, 5) is 0. The molecule has 2 rings (SSSR count). The van der Waals surface area contributed by atoms with Crippen molar-refractivity contribution in [3.8, 4) is 0 Å². The van der Waals surface area contributed by atoms with Crippen LogP contribution in [-0.4, -0.2) is 4.57 Å². The molecule has 0 aliphatic rings. The number of hydrogen-bond acceptors (Lipinski definition) is 2. The van der Waals surface area contributed by atoms with E-state index in [-0.39, 0.29) is 0 Å². The molecule has 0 bridgehead atoms. The van der Waals surface area contributed by atoms with E-state index in [4.69, 9.17) is 5.73 Å². The Morgan fingerprint density at radius 2 is 2.00 bits per heavy atom. The lowest BCUT2D eigenvalue weighted by atomic mass is 10.3. The van der Waals surface area contributed by atoms with Crippen molar-refractivity contribution in [2.75, 3.05) is 5.32 Å². The zero-order chi connectivity index (χ0) is 11.4. The minimum absolute atomic E-state index is 0.585. The van der Waals surface area contributed by atoms with Crippen LogP contribution < -0.4 is 11.1 Å². The first kappa shape index (κ1) is 10.8. The highest BCUT2D eigenvalue weighted by molar-refractivity contribution is 5.43. The van der Waals surface area contributed by atoms with Crippen LogP contribution in [0.1, 0.15) is 11.3 Å². The second-order valence-electron chi connectivity index (χ2n) is 3.87. The number of para-hydroxylation sites is 1. The summed E-state index contributed by atoms with van der Waals surface area (Å²) in [5, 5.41) is 3.37. The van der Waals surface area contributed by atoms with Gasteiger partial charge in [0.05, 0.1) is 0 Å². The van der Waals surface area contributed by atoms with Crippen LogP contribution in [0.15, 0.2) is 42.6 Å². The molecule has 0 saturated heterocycles. The third-order valence-electron chi connectivity index (χ3n) is 2.64. The quantitative estimate of drug-likeness (QED) is 0.820. The molecule has 1 aromatic heterocycles. The monoisotopic (exact) mass is 215 g/mol. The Bertz CT molecular complexity index is 445. The summed E-state index contributed by atoms with van der Waals surface area (Å²) < 4.78 is 2.07. The number of nitrogens with one attached hydrogen (secondary N) is 1. The van der Waals surface area contributed by atoms with E-state index in [0.717, 1.165) is 17.9 Å². The van der Waals surface area contributed by atoms with Gasteiger partial charge in [-0.3, -0.25) is 0 Å². The Kier molecular flexibility index (Phi) is 3.27. The van der Waals surface area contributed by atoms with Crippen molar-refractivity contribution < 1.29 is 0 Å². The lowest BCUT2D eigenvalue weighted by Crippen LogP contribution is -2.01. The van der Waals surface area contributed by atoms with Crippen molar-refractivity contribution in [3.63, 3.8) is 0 Å². The van der Waals surface area contributed by atoms with Crippen LogP contribution in [0.5, 0.6) is 0 Å². The zero-order valence-corrected chi connectivity index (χ0v) is 9.48. The molecule has 84 valence electrons. The largest absolute Gasteiger partial charge is 0.381 e. The lowest BCUT2D eigenvalue weighted by Gasteiger charge is -2.03. The first-order valence-corrected chi connectivity index (χ1v) is 5.42. The number of aromatic nitrogens is 1. The Morgan fingerprint density at radius 3 is 2.62 bits per heavy atom. The summed E-state index contributed by atoms with van der Waals surface area (Å²) in [7, 11) is 2.02. The van der Waals surface area contributed by atoms with Crippen molar-refractivity contribution in [1.29, 1.82) is 0 Å². The van der Waals surface area contributed by atoms with Gasteiger partial charge in [-0.25, -0.2) is 0 Å². The van der Waals surface area contributed by atoms with Gasteiger partial charge in [0.1, 0.15) is 0 Å². The SMILES string of the molecule is Cn1cc(CNc2ccccc2)cc1CN. The average molecular weight is 215 g/mol. The van der Waals surface area contributed by atoms with Crippen LogP contribution in [0.25, 0.3) is 0 Å². The van der Waals surface area contributed by atoms with Crippen molar-refractivity contribution in [1.82, 2.24) is 4.57 Å². The maximum Gasteiger partial charge on any atom is 0.0415 e. The topological polar surface area (TPSA) is 43.0 Å². The van der Waals surface area contributed by atoms with E-state index in [1.165, 1.54) is 5.56 Å². The van der Waals surface area contributed by atoms with Crippen molar-refractivity contribution in [3.05, 3.63) is 53.9 Å². The summed E-state index contributed by atoms with van der Waals surface area (Å²) in [5.41, 5.74) is 9.18. The molecule has 3 heteroatoms. The number of nitrogens with zero attached hydrogens (tertiary/aromatic N) is 1. The third-order valence-corrected chi connectivity index (χ3v) is 2.64. The summed E-state index contributed by atoms with van der Waals surface area (Å²) in [6.07, 6.45) is 2.11. The van der Waals surface area contributed by atoms with E-state index in [1.54, 1.807) is 0 Å². The predicted octanol–water partition coefficient (Wildman–Crippen LogP) is 2.10. The van der Waals surface area contributed by atoms with Gasteiger partial charge < -0.3 is 15.6 Å². The number of anilines is 1. The molecule has 16 heavy (non-hydrogen) atoms. The summed E-state index contributed by atoms with van der Waals surface area (Å²) in [6.45, 7) is 1.42. The molecule has 0 radical (unpaired) electrons. The van der Waals surface area contributed by atoms with Crippen LogP contribution in [0, 0.1) is 0 Å². The molecule has 0 atom stereocenters. The fourth-order valence-electron chi connectivity index (χ4n) is 1.74. The molecule has 3 N–H and O–H groups in total. The van der Waals surface area contributed by atoms with E-state index < -0.39 is 0 Å². The van der Waals surface area contributed by atoms with Gasteiger partial charge in [0, 0.05) is 37.7 Å². The van der Waals surface area contributed by atoms with Gasteiger partial charge in [0.15, 0.2) is 0 Å². The first-order chi connectivity index (χ1) is 7.79. The molecule has 2 aromatic rings. The van der Waals surface area contributed by atoms with Crippen molar-refractivity contribution >= 4 is 5.69 Å². The van der Waals surface area contributed by atoms with Gasteiger partial charge >= 0.3 is 0 Å². The van der Waals surface area contributed by atoms with Crippen LogP contribution in [-0.2, 0) is 20.1 Å². The second-order valence-corrected chi connectivity index (χ2v) is 3.87. The van der Waals surface area contributed by atoms with Gasteiger partial charge in [0.2, 0.25) is 0 Å². The second kappa shape index (κ2) is 4.86. The molecule has 0 fully saturated rings. The number of nitrogens with two attached hydrogens (primary N) is 1. The Labute approximate surface area is 95.9 Å². The van der Waals surface area contributed by atoms with E-state index in [1.807, 2.05) is 25.2 Å². The highest BCUT2D eigenvalue weighted by Crippen LogP contribution is 2.10. The first-order valence-electron chi connectivity index (χ1n) is 5.42. The van der Waals surface area contributed by atoms with Crippen LogP contribution >= 0.6 is 0 Å². The van der Waals surface area contributed by atoms with E-state index in [9.17, 15) is 0 Å². The minimum atomic E-state index is 0.585. The lowest BCUT2D eigenvalue weighted by molar-refractivity contribution is 0.823. The van der Waals surface area contributed by atoms with Gasteiger partial charge in [0.25, 0.3) is 0 Å². The minimum Gasteiger partial charge on any atom is -0.381 e. The molecule has 0 aliphatic heterocycles. The normalized spacial score (nSPS) is 10.4. The molecule has 0 unspecified atom stereocenters. The average Bonchev–Trinajstić information content (AvgIpc) is 2.69. The van der Waals surface area contributed by atoms with Crippen molar-refractivity contribution in [2.45, 2.75) is 13.1 Å². The van der Waals surface area contributed by atoms with E-state index >= 15 is 0 Å².